The Hall–Kier alpha value is -0.0400. The molecule has 1 fully saturated rings. The average Bonchev–Trinajstić information content (AvgIpc) is 2.04. The van der Waals surface area contributed by atoms with Gasteiger partial charge in [-0.2, -0.15) is 0 Å². The standard InChI is InChI=1S/C12H24O/c1-9-4-6-12(7-5-9)10(2)8-11(3)13/h9-13H,4-8H2,1-3H3. The first-order valence-electron chi connectivity index (χ1n) is 5.77. The van der Waals surface area contributed by atoms with Crippen LogP contribution >= 0.6 is 0 Å². The summed E-state index contributed by atoms with van der Waals surface area (Å²) in [6.07, 6.45) is 6.43. The Morgan fingerprint density at radius 1 is 1.15 bits per heavy atom. The Bertz CT molecular complexity index is 134. The smallest absolute Gasteiger partial charge is 0.0514 e. The van der Waals surface area contributed by atoms with E-state index in [1.165, 1.54) is 25.7 Å². The minimum atomic E-state index is -0.116. The maximum Gasteiger partial charge on any atom is 0.0514 e. The van der Waals surface area contributed by atoms with E-state index < -0.39 is 0 Å². The number of hydrogen-bond donors (Lipinski definition) is 1. The van der Waals surface area contributed by atoms with Gasteiger partial charge in [0, 0.05) is 0 Å². The molecule has 0 bridgehead atoms. The summed E-state index contributed by atoms with van der Waals surface area (Å²) in [7, 11) is 0. The van der Waals surface area contributed by atoms with Crippen molar-refractivity contribution >= 4 is 0 Å². The first kappa shape index (κ1) is 11.0. The van der Waals surface area contributed by atoms with Crippen molar-refractivity contribution in [2.45, 2.75) is 59.0 Å². The van der Waals surface area contributed by atoms with Gasteiger partial charge in [0.2, 0.25) is 0 Å². The SMILES string of the molecule is CC(O)CC(C)C1CCC(C)CC1. The summed E-state index contributed by atoms with van der Waals surface area (Å²) in [4.78, 5) is 0. The van der Waals surface area contributed by atoms with Gasteiger partial charge in [-0.3, -0.25) is 0 Å². The molecule has 0 aliphatic heterocycles. The van der Waals surface area contributed by atoms with Crippen LogP contribution in [0.2, 0.25) is 0 Å². The van der Waals surface area contributed by atoms with E-state index in [4.69, 9.17) is 0 Å². The van der Waals surface area contributed by atoms with Crippen LogP contribution in [0, 0.1) is 17.8 Å². The van der Waals surface area contributed by atoms with Crippen LogP contribution in [0.4, 0.5) is 0 Å². The third-order valence-electron chi connectivity index (χ3n) is 3.58. The molecule has 0 aromatic heterocycles. The summed E-state index contributed by atoms with van der Waals surface area (Å²) in [6.45, 7) is 6.56. The molecule has 0 aromatic rings. The summed E-state index contributed by atoms with van der Waals surface area (Å²) in [6, 6.07) is 0. The van der Waals surface area contributed by atoms with Crippen LogP contribution in [0.5, 0.6) is 0 Å². The predicted molar refractivity (Wildman–Crippen MR) is 56.6 cm³/mol. The van der Waals surface area contributed by atoms with Gasteiger partial charge in [-0.15, -0.1) is 0 Å². The van der Waals surface area contributed by atoms with E-state index in [0.717, 1.165) is 18.3 Å². The molecule has 1 N–H and O–H groups in total. The Kier molecular flexibility index (Phi) is 4.24. The third-order valence-corrected chi connectivity index (χ3v) is 3.58. The fraction of sp³-hybridized carbons (Fsp3) is 1.00. The molecule has 1 rings (SSSR count). The highest BCUT2D eigenvalue weighted by molar-refractivity contribution is 4.75. The fourth-order valence-electron chi connectivity index (χ4n) is 2.59. The summed E-state index contributed by atoms with van der Waals surface area (Å²) in [5, 5.41) is 9.31. The van der Waals surface area contributed by atoms with Crippen molar-refractivity contribution < 1.29 is 5.11 Å². The summed E-state index contributed by atoms with van der Waals surface area (Å²) >= 11 is 0. The van der Waals surface area contributed by atoms with Crippen LogP contribution in [-0.2, 0) is 0 Å². The molecule has 0 spiro atoms. The van der Waals surface area contributed by atoms with E-state index >= 15 is 0 Å². The minimum Gasteiger partial charge on any atom is -0.393 e. The lowest BCUT2D eigenvalue weighted by Gasteiger charge is -2.31. The molecule has 2 unspecified atom stereocenters. The number of aliphatic hydroxyl groups excluding tert-OH is 1. The van der Waals surface area contributed by atoms with Gasteiger partial charge in [-0.05, 0) is 43.9 Å². The first-order chi connectivity index (χ1) is 6.09. The summed E-state index contributed by atoms with van der Waals surface area (Å²) in [5.41, 5.74) is 0. The Morgan fingerprint density at radius 3 is 2.15 bits per heavy atom. The first-order valence-corrected chi connectivity index (χ1v) is 5.77. The Balaban J connectivity index is 2.27. The number of aliphatic hydroxyl groups is 1. The molecule has 0 heterocycles. The van der Waals surface area contributed by atoms with E-state index in [9.17, 15) is 5.11 Å². The zero-order valence-corrected chi connectivity index (χ0v) is 9.29. The van der Waals surface area contributed by atoms with Crippen LogP contribution < -0.4 is 0 Å². The van der Waals surface area contributed by atoms with Crippen LogP contribution in [0.3, 0.4) is 0 Å². The molecule has 1 aliphatic carbocycles. The van der Waals surface area contributed by atoms with E-state index in [1.807, 2.05) is 6.92 Å². The van der Waals surface area contributed by atoms with Gasteiger partial charge in [0.05, 0.1) is 6.10 Å². The predicted octanol–water partition coefficient (Wildman–Crippen LogP) is 3.22. The normalized spacial score (nSPS) is 34.2. The molecule has 0 radical (unpaired) electrons. The largest absolute Gasteiger partial charge is 0.393 e. The van der Waals surface area contributed by atoms with Crippen LogP contribution in [0.25, 0.3) is 0 Å². The third kappa shape index (κ3) is 3.68. The molecule has 0 saturated heterocycles. The highest BCUT2D eigenvalue weighted by Crippen LogP contribution is 2.34. The van der Waals surface area contributed by atoms with E-state index in [-0.39, 0.29) is 6.10 Å². The zero-order chi connectivity index (χ0) is 9.84. The van der Waals surface area contributed by atoms with Crippen LogP contribution in [0.1, 0.15) is 52.9 Å². The van der Waals surface area contributed by atoms with Crippen LogP contribution in [-0.4, -0.2) is 11.2 Å². The fourth-order valence-corrected chi connectivity index (χ4v) is 2.59. The Labute approximate surface area is 82.5 Å². The lowest BCUT2D eigenvalue weighted by Crippen LogP contribution is -2.21. The lowest BCUT2D eigenvalue weighted by atomic mass is 9.75. The van der Waals surface area contributed by atoms with E-state index in [1.54, 1.807) is 0 Å². The van der Waals surface area contributed by atoms with Crippen molar-refractivity contribution in [3.63, 3.8) is 0 Å². The zero-order valence-electron chi connectivity index (χ0n) is 9.29. The number of hydrogen-bond acceptors (Lipinski definition) is 1. The summed E-state index contributed by atoms with van der Waals surface area (Å²) < 4.78 is 0. The molecule has 0 amide bonds. The maximum atomic E-state index is 9.31. The molecule has 78 valence electrons. The second-order valence-electron chi connectivity index (χ2n) is 5.08. The quantitative estimate of drug-likeness (QED) is 0.714. The van der Waals surface area contributed by atoms with Gasteiger partial charge in [0.15, 0.2) is 0 Å². The Morgan fingerprint density at radius 2 is 1.69 bits per heavy atom. The molecular weight excluding hydrogens is 160 g/mol. The molecular formula is C12H24O. The second-order valence-corrected chi connectivity index (χ2v) is 5.08. The van der Waals surface area contributed by atoms with E-state index in [2.05, 4.69) is 13.8 Å². The van der Waals surface area contributed by atoms with Crippen molar-refractivity contribution in [3.8, 4) is 0 Å². The van der Waals surface area contributed by atoms with E-state index in [0.29, 0.717) is 5.92 Å². The molecule has 1 nitrogen and oxygen atoms in total. The van der Waals surface area contributed by atoms with Gasteiger partial charge < -0.3 is 5.11 Å². The monoisotopic (exact) mass is 184 g/mol. The van der Waals surface area contributed by atoms with Crippen molar-refractivity contribution in [2.75, 3.05) is 0 Å². The highest BCUT2D eigenvalue weighted by atomic mass is 16.3. The van der Waals surface area contributed by atoms with Crippen molar-refractivity contribution in [3.05, 3.63) is 0 Å². The van der Waals surface area contributed by atoms with Gasteiger partial charge in [-0.1, -0.05) is 26.7 Å². The molecule has 1 aliphatic rings. The highest BCUT2D eigenvalue weighted by Gasteiger charge is 2.23. The second kappa shape index (κ2) is 4.99. The van der Waals surface area contributed by atoms with Crippen LogP contribution in [0.15, 0.2) is 0 Å². The van der Waals surface area contributed by atoms with Gasteiger partial charge >= 0.3 is 0 Å². The summed E-state index contributed by atoms with van der Waals surface area (Å²) in [5.74, 6) is 2.54. The van der Waals surface area contributed by atoms with Gasteiger partial charge in [-0.25, -0.2) is 0 Å². The maximum absolute atomic E-state index is 9.31. The van der Waals surface area contributed by atoms with Crippen molar-refractivity contribution in [1.82, 2.24) is 0 Å². The minimum absolute atomic E-state index is 0.116. The van der Waals surface area contributed by atoms with Gasteiger partial charge in [0.1, 0.15) is 0 Å². The number of rotatable bonds is 3. The molecule has 2 atom stereocenters. The molecule has 0 aromatic carbocycles. The van der Waals surface area contributed by atoms with Crippen molar-refractivity contribution in [1.29, 1.82) is 0 Å². The molecule has 13 heavy (non-hydrogen) atoms. The topological polar surface area (TPSA) is 20.2 Å². The average molecular weight is 184 g/mol. The molecule has 1 heteroatoms. The molecule has 1 saturated carbocycles. The van der Waals surface area contributed by atoms with Gasteiger partial charge in [0.25, 0.3) is 0 Å². The lowest BCUT2D eigenvalue weighted by molar-refractivity contribution is 0.127. The van der Waals surface area contributed by atoms with Crippen molar-refractivity contribution in [2.24, 2.45) is 17.8 Å².